The van der Waals surface area contributed by atoms with Crippen molar-refractivity contribution < 1.29 is 14.3 Å². The van der Waals surface area contributed by atoms with Crippen LogP contribution >= 0.6 is 11.3 Å². The first-order chi connectivity index (χ1) is 15.5. The molecule has 2 amide bonds. The predicted octanol–water partition coefficient (Wildman–Crippen LogP) is 3.02. The number of rotatable bonds is 6. The Balaban J connectivity index is 1.58. The zero-order chi connectivity index (χ0) is 22.7. The van der Waals surface area contributed by atoms with E-state index in [1.165, 1.54) is 7.11 Å². The van der Waals surface area contributed by atoms with Crippen LogP contribution in [-0.4, -0.2) is 68.8 Å². The quantitative estimate of drug-likeness (QED) is 0.585. The van der Waals surface area contributed by atoms with Gasteiger partial charge in [-0.15, -0.1) is 11.3 Å². The summed E-state index contributed by atoms with van der Waals surface area (Å²) in [5.41, 5.74) is 1.14. The van der Waals surface area contributed by atoms with Crippen molar-refractivity contribution in [3.05, 3.63) is 29.5 Å². The first kappa shape index (κ1) is 22.0. The Morgan fingerprint density at radius 1 is 1.31 bits per heavy atom. The molecule has 1 saturated heterocycles. The molecule has 4 heterocycles. The highest BCUT2D eigenvalue weighted by molar-refractivity contribution is 7.16. The number of nitrogens with zero attached hydrogens (tertiary/aromatic N) is 5. The zero-order valence-electron chi connectivity index (χ0n) is 18.4. The van der Waals surface area contributed by atoms with Crippen molar-refractivity contribution in [3.8, 4) is 11.4 Å². The number of aromatic nitrogens is 4. The molecular weight excluding hydrogens is 430 g/mol. The van der Waals surface area contributed by atoms with E-state index in [2.05, 4.69) is 44.3 Å². The van der Waals surface area contributed by atoms with Gasteiger partial charge in [0.2, 0.25) is 0 Å². The minimum absolute atomic E-state index is 0.00498. The lowest BCUT2D eigenvalue weighted by molar-refractivity contribution is 0.0698. The van der Waals surface area contributed by atoms with Gasteiger partial charge < -0.3 is 20.3 Å². The van der Waals surface area contributed by atoms with E-state index in [4.69, 9.17) is 0 Å². The van der Waals surface area contributed by atoms with E-state index in [0.29, 0.717) is 43.3 Å². The van der Waals surface area contributed by atoms with Gasteiger partial charge in [-0.3, -0.25) is 4.79 Å². The molecule has 10 nitrogen and oxygen atoms in total. The van der Waals surface area contributed by atoms with Crippen molar-refractivity contribution in [2.45, 2.75) is 45.2 Å². The number of carbonyl (C=O) groups is 2. The molecule has 3 aromatic rings. The van der Waals surface area contributed by atoms with E-state index < -0.39 is 6.09 Å². The second-order valence-corrected chi connectivity index (χ2v) is 8.72. The number of hydrogen-bond acceptors (Lipinski definition) is 8. The monoisotopic (exact) mass is 457 g/mol. The van der Waals surface area contributed by atoms with Crippen LogP contribution in [0.25, 0.3) is 16.2 Å². The van der Waals surface area contributed by atoms with Crippen LogP contribution in [0.4, 0.5) is 10.6 Å². The van der Waals surface area contributed by atoms with Crippen LogP contribution in [0, 0.1) is 0 Å². The van der Waals surface area contributed by atoms with E-state index in [9.17, 15) is 9.59 Å². The molecule has 1 aliphatic rings. The summed E-state index contributed by atoms with van der Waals surface area (Å²) in [6.07, 6.45) is 5.41. The maximum Gasteiger partial charge on any atom is 0.407 e. The van der Waals surface area contributed by atoms with Crippen molar-refractivity contribution in [1.82, 2.24) is 29.8 Å². The van der Waals surface area contributed by atoms with Crippen LogP contribution < -0.4 is 10.6 Å². The minimum atomic E-state index is -0.447. The number of piperidine rings is 1. The van der Waals surface area contributed by atoms with Crippen LogP contribution in [-0.2, 0) is 4.74 Å². The first-order valence-corrected chi connectivity index (χ1v) is 11.6. The van der Waals surface area contributed by atoms with Gasteiger partial charge in [-0.05, 0) is 26.2 Å². The third kappa shape index (κ3) is 4.67. The number of fused-ring (bicyclic) bond motifs is 1. The molecule has 1 atom stereocenters. The molecule has 0 saturated carbocycles. The van der Waals surface area contributed by atoms with Crippen molar-refractivity contribution in [2.24, 2.45) is 0 Å². The number of methoxy groups -OCH3 is 1. The third-order valence-electron chi connectivity index (χ3n) is 5.61. The van der Waals surface area contributed by atoms with Gasteiger partial charge >= 0.3 is 6.09 Å². The van der Waals surface area contributed by atoms with E-state index in [1.54, 1.807) is 33.0 Å². The Bertz CT molecular complexity index is 1100. The topological polar surface area (TPSA) is 114 Å². The molecule has 1 fully saturated rings. The fourth-order valence-corrected chi connectivity index (χ4v) is 4.39. The lowest BCUT2D eigenvalue weighted by atomic mass is 10.0. The summed E-state index contributed by atoms with van der Waals surface area (Å²) in [4.78, 5) is 36.7. The number of hydrogen-bond donors (Lipinski definition) is 2. The fraction of sp³-hybridized carbons (Fsp3) is 0.476. The number of carbonyl (C=O) groups excluding carboxylic acids is 2. The van der Waals surface area contributed by atoms with Crippen LogP contribution in [0.2, 0.25) is 0 Å². The second-order valence-electron chi connectivity index (χ2n) is 7.83. The normalized spacial score (nSPS) is 15.5. The van der Waals surface area contributed by atoms with Gasteiger partial charge in [0, 0.05) is 42.8 Å². The van der Waals surface area contributed by atoms with E-state index >= 15 is 0 Å². The van der Waals surface area contributed by atoms with Gasteiger partial charge in [0.05, 0.1) is 18.9 Å². The molecule has 0 spiro atoms. The number of alkyl carbamates (subject to hydrolysis) is 1. The Morgan fingerprint density at radius 2 is 2.09 bits per heavy atom. The average molecular weight is 458 g/mol. The minimum Gasteiger partial charge on any atom is -0.453 e. The van der Waals surface area contributed by atoms with Crippen molar-refractivity contribution >= 4 is 34.0 Å². The summed E-state index contributed by atoms with van der Waals surface area (Å²) in [7, 11) is 1.34. The van der Waals surface area contributed by atoms with Crippen LogP contribution in [0.3, 0.4) is 0 Å². The summed E-state index contributed by atoms with van der Waals surface area (Å²) in [5, 5.41) is 12.5. The predicted molar refractivity (Wildman–Crippen MR) is 122 cm³/mol. The molecule has 3 aromatic heterocycles. The molecule has 0 radical (unpaired) electrons. The highest BCUT2D eigenvalue weighted by Crippen LogP contribution is 2.27. The summed E-state index contributed by atoms with van der Waals surface area (Å²) in [6.45, 7) is 5.22. The number of likely N-dealkylation sites (tertiary alicyclic amines) is 1. The van der Waals surface area contributed by atoms with Crippen molar-refractivity contribution in [2.75, 3.05) is 25.5 Å². The maximum atomic E-state index is 13.3. The van der Waals surface area contributed by atoms with E-state index in [1.807, 2.05) is 11.6 Å². The maximum absolute atomic E-state index is 13.3. The fourth-order valence-electron chi connectivity index (χ4n) is 3.60. The highest BCUT2D eigenvalue weighted by Gasteiger charge is 2.27. The molecule has 4 rings (SSSR count). The van der Waals surface area contributed by atoms with Gasteiger partial charge in [-0.1, -0.05) is 6.92 Å². The number of amides is 2. The van der Waals surface area contributed by atoms with Crippen LogP contribution in [0.5, 0.6) is 0 Å². The van der Waals surface area contributed by atoms with Gasteiger partial charge in [0.15, 0.2) is 5.82 Å². The number of thiazole rings is 1. The van der Waals surface area contributed by atoms with Gasteiger partial charge in [-0.25, -0.2) is 19.3 Å². The molecule has 0 aromatic carbocycles. The lowest BCUT2D eigenvalue weighted by Crippen LogP contribution is -2.46. The first-order valence-electron chi connectivity index (χ1n) is 10.7. The summed E-state index contributed by atoms with van der Waals surface area (Å²) < 4.78 is 6.44. The summed E-state index contributed by atoms with van der Waals surface area (Å²) in [6, 6.07) is 1.91. The molecule has 1 aliphatic heterocycles. The van der Waals surface area contributed by atoms with Gasteiger partial charge in [0.25, 0.3) is 5.91 Å². The van der Waals surface area contributed by atoms with E-state index in [-0.39, 0.29) is 18.0 Å². The molecule has 2 N–H and O–H groups in total. The number of anilines is 1. The Hall–Kier alpha value is -3.21. The number of ether oxygens (including phenoxy) is 1. The third-order valence-corrected chi connectivity index (χ3v) is 6.50. The van der Waals surface area contributed by atoms with Crippen LogP contribution in [0.1, 0.15) is 43.6 Å². The molecule has 11 heteroatoms. The highest BCUT2D eigenvalue weighted by atomic mass is 32.1. The SMILES string of the molecule is CC[C@@H](C)Nc1cc(C(=O)N2CCC(NC(=O)OC)CC2)nc(-c2cnn3ccsc23)n1. The summed E-state index contributed by atoms with van der Waals surface area (Å²) in [5.74, 6) is 0.944. The van der Waals surface area contributed by atoms with Gasteiger partial charge in [0.1, 0.15) is 16.3 Å². The largest absolute Gasteiger partial charge is 0.453 e. The zero-order valence-corrected chi connectivity index (χ0v) is 19.2. The molecule has 0 aliphatic carbocycles. The Kier molecular flexibility index (Phi) is 6.54. The molecular formula is C21H27N7O3S. The van der Waals surface area contributed by atoms with Crippen molar-refractivity contribution in [1.29, 1.82) is 0 Å². The van der Waals surface area contributed by atoms with Gasteiger partial charge in [-0.2, -0.15) is 5.10 Å². The summed E-state index contributed by atoms with van der Waals surface area (Å²) >= 11 is 1.55. The molecule has 0 unspecified atom stereocenters. The number of nitrogens with one attached hydrogen (secondary N) is 2. The lowest BCUT2D eigenvalue weighted by Gasteiger charge is -2.32. The second kappa shape index (κ2) is 9.51. The van der Waals surface area contributed by atoms with Crippen molar-refractivity contribution in [3.63, 3.8) is 0 Å². The van der Waals surface area contributed by atoms with Crippen LogP contribution in [0.15, 0.2) is 23.8 Å². The average Bonchev–Trinajstić information content (AvgIpc) is 3.43. The molecule has 0 bridgehead atoms. The molecule has 170 valence electrons. The Morgan fingerprint density at radius 3 is 2.81 bits per heavy atom. The standard InChI is InChI=1S/C21H27N7O3S/c1-4-13(2)23-17-11-16(19(29)27-7-5-14(6-8-27)24-21(30)31-3)25-18(26-17)15-12-22-28-9-10-32-20(15)28/h9-14H,4-8H2,1-3H3,(H,24,30)(H,23,25,26)/t13-/m1/s1. The molecule has 32 heavy (non-hydrogen) atoms. The Labute approximate surface area is 190 Å². The smallest absolute Gasteiger partial charge is 0.407 e. The van der Waals surface area contributed by atoms with E-state index in [0.717, 1.165) is 16.8 Å².